The van der Waals surface area contributed by atoms with Crippen molar-refractivity contribution >= 4 is 5.91 Å². The van der Waals surface area contributed by atoms with Gasteiger partial charge in [-0.1, -0.05) is 25.1 Å². The standard InChI is InChI=1S/C21H24FNO2/c1-3-20(25-19-11-9-18(22)10-12-19)21(24)23-14(2)16-8-7-15-5-4-6-17(15)13-16/h7-14,20H,3-6H2,1-2H3,(H,23,24)/t14-,20-/m1/s1. The Balaban J connectivity index is 1.63. The number of fused-ring (bicyclic) bond motifs is 1. The van der Waals surface area contributed by atoms with E-state index in [2.05, 4.69) is 23.5 Å². The Bertz CT molecular complexity index is 742. The van der Waals surface area contributed by atoms with Gasteiger partial charge in [0.1, 0.15) is 11.6 Å². The van der Waals surface area contributed by atoms with Crippen molar-refractivity contribution in [3.8, 4) is 5.75 Å². The van der Waals surface area contributed by atoms with Crippen LogP contribution in [0.2, 0.25) is 0 Å². The first-order chi connectivity index (χ1) is 12.1. The van der Waals surface area contributed by atoms with Gasteiger partial charge in [0.15, 0.2) is 6.10 Å². The Labute approximate surface area is 148 Å². The summed E-state index contributed by atoms with van der Waals surface area (Å²) in [7, 11) is 0. The topological polar surface area (TPSA) is 38.3 Å². The van der Waals surface area contributed by atoms with E-state index in [9.17, 15) is 9.18 Å². The predicted molar refractivity (Wildman–Crippen MR) is 96.1 cm³/mol. The quantitative estimate of drug-likeness (QED) is 0.848. The molecule has 3 rings (SSSR count). The average Bonchev–Trinajstić information content (AvgIpc) is 3.08. The van der Waals surface area contributed by atoms with Crippen molar-refractivity contribution < 1.29 is 13.9 Å². The molecule has 25 heavy (non-hydrogen) atoms. The minimum absolute atomic E-state index is 0.0794. The van der Waals surface area contributed by atoms with Gasteiger partial charge in [-0.05, 0) is 73.6 Å². The number of carbonyl (C=O) groups is 1. The highest BCUT2D eigenvalue weighted by atomic mass is 19.1. The first-order valence-corrected chi connectivity index (χ1v) is 8.91. The second-order valence-electron chi connectivity index (χ2n) is 6.58. The van der Waals surface area contributed by atoms with Gasteiger partial charge in [-0.3, -0.25) is 4.79 Å². The fraction of sp³-hybridized carbons (Fsp3) is 0.381. The molecule has 0 heterocycles. The zero-order valence-corrected chi connectivity index (χ0v) is 14.7. The molecule has 0 bridgehead atoms. The molecule has 1 amide bonds. The lowest BCUT2D eigenvalue weighted by Crippen LogP contribution is -2.39. The molecule has 1 aliphatic carbocycles. The molecule has 0 fully saturated rings. The van der Waals surface area contributed by atoms with Crippen LogP contribution in [0.5, 0.6) is 5.75 Å². The van der Waals surface area contributed by atoms with E-state index in [-0.39, 0.29) is 17.8 Å². The summed E-state index contributed by atoms with van der Waals surface area (Å²) in [5.41, 5.74) is 3.94. The molecule has 1 aliphatic rings. The minimum atomic E-state index is -0.595. The van der Waals surface area contributed by atoms with Crippen molar-refractivity contribution in [2.24, 2.45) is 0 Å². The number of carbonyl (C=O) groups excluding carboxylic acids is 1. The van der Waals surface area contributed by atoms with Crippen LogP contribution in [-0.2, 0) is 17.6 Å². The molecule has 3 nitrogen and oxygen atoms in total. The van der Waals surface area contributed by atoms with Gasteiger partial charge < -0.3 is 10.1 Å². The number of amides is 1. The van der Waals surface area contributed by atoms with Gasteiger partial charge in [-0.15, -0.1) is 0 Å². The Morgan fingerprint density at radius 2 is 1.88 bits per heavy atom. The van der Waals surface area contributed by atoms with Crippen molar-refractivity contribution in [3.05, 3.63) is 65.0 Å². The number of aryl methyl sites for hydroxylation is 2. The van der Waals surface area contributed by atoms with Crippen molar-refractivity contribution in [1.29, 1.82) is 0 Å². The van der Waals surface area contributed by atoms with E-state index in [4.69, 9.17) is 4.74 Å². The van der Waals surface area contributed by atoms with Crippen LogP contribution in [-0.4, -0.2) is 12.0 Å². The zero-order chi connectivity index (χ0) is 17.8. The van der Waals surface area contributed by atoms with Crippen molar-refractivity contribution in [2.75, 3.05) is 0 Å². The van der Waals surface area contributed by atoms with Crippen LogP contribution in [0.1, 0.15) is 49.4 Å². The van der Waals surface area contributed by atoms with Crippen molar-refractivity contribution in [3.63, 3.8) is 0 Å². The van der Waals surface area contributed by atoms with Crippen molar-refractivity contribution in [2.45, 2.75) is 51.7 Å². The summed E-state index contributed by atoms with van der Waals surface area (Å²) >= 11 is 0. The van der Waals surface area contributed by atoms with E-state index in [1.165, 1.54) is 41.8 Å². The van der Waals surface area contributed by atoms with Gasteiger partial charge in [-0.2, -0.15) is 0 Å². The maximum absolute atomic E-state index is 13.0. The molecule has 0 aromatic heterocycles. The summed E-state index contributed by atoms with van der Waals surface area (Å²) in [5.74, 6) is 0.0171. The van der Waals surface area contributed by atoms with Gasteiger partial charge in [0.05, 0.1) is 6.04 Å². The monoisotopic (exact) mass is 341 g/mol. The van der Waals surface area contributed by atoms with Crippen LogP contribution in [0, 0.1) is 5.82 Å². The normalized spacial score (nSPS) is 15.3. The number of nitrogens with one attached hydrogen (secondary N) is 1. The maximum atomic E-state index is 13.0. The number of benzene rings is 2. The van der Waals surface area contributed by atoms with E-state index in [1.54, 1.807) is 0 Å². The molecule has 2 aromatic carbocycles. The Kier molecular flexibility index (Phi) is 5.37. The molecule has 0 saturated heterocycles. The highest BCUT2D eigenvalue weighted by Crippen LogP contribution is 2.25. The van der Waals surface area contributed by atoms with Crippen LogP contribution in [0.4, 0.5) is 4.39 Å². The molecule has 0 unspecified atom stereocenters. The minimum Gasteiger partial charge on any atom is -0.481 e. The van der Waals surface area contributed by atoms with Crippen LogP contribution < -0.4 is 10.1 Å². The van der Waals surface area contributed by atoms with Crippen LogP contribution >= 0.6 is 0 Å². The summed E-state index contributed by atoms with van der Waals surface area (Å²) < 4.78 is 18.7. The smallest absolute Gasteiger partial charge is 0.261 e. The first kappa shape index (κ1) is 17.5. The molecular formula is C21H24FNO2. The fourth-order valence-electron chi connectivity index (χ4n) is 3.25. The molecule has 0 aliphatic heterocycles. The number of ether oxygens (including phenoxy) is 1. The fourth-order valence-corrected chi connectivity index (χ4v) is 3.25. The third-order valence-corrected chi connectivity index (χ3v) is 4.74. The number of halogens is 1. The Morgan fingerprint density at radius 3 is 2.60 bits per heavy atom. The summed E-state index contributed by atoms with van der Waals surface area (Å²) in [5, 5.41) is 3.03. The number of rotatable bonds is 6. The highest BCUT2D eigenvalue weighted by Gasteiger charge is 2.21. The lowest BCUT2D eigenvalue weighted by atomic mass is 10.0. The van der Waals surface area contributed by atoms with E-state index in [0.29, 0.717) is 12.2 Å². The first-order valence-electron chi connectivity index (χ1n) is 8.91. The molecule has 2 aromatic rings. The average molecular weight is 341 g/mol. The second-order valence-corrected chi connectivity index (χ2v) is 6.58. The molecule has 1 N–H and O–H groups in total. The summed E-state index contributed by atoms with van der Waals surface area (Å²) in [4.78, 5) is 12.6. The molecule has 0 saturated carbocycles. The van der Waals surface area contributed by atoms with Crippen molar-refractivity contribution in [1.82, 2.24) is 5.32 Å². The lowest BCUT2D eigenvalue weighted by molar-refractivity contribution is -0.128. The van der Waals surface area contributed by atoms with Gasteiger partial charge >= 0.3 is 0 Å². The second kappa shape index (κ2) is 7.68. The molecule has 2 atom stereocenters. The van der Waals surface area contributed by atoms with Crippen LogP contribution in [0.3, 0.4) is 0 Å². The number of hydrogen-bond acceptors (Lipinski definition) is 2. The highest BCUT2D eigenvalue weighted by molar-refractivity contribution is 5.81. The summed E-state index contributed by atoms with van der Waals surface area (Å²) in [6.45, 7) is 3.88. The summed E-state index contributed by atoms with van der Waals surface area (Å²) in [6, 6.07) is 12.1. The molecule has 0 spiro atoms. The van der Waals surface area contributed by atoms with E-state index < -0.39 is 6.10 Å². The van der Waals surface area contributed by atoms with Gasteiger partial charge in [0.2, 0.25) is 0 Å². The SMILES string of the molecule is CC[C@@H](Oc1ccc(F)cc1)C(=O)N[C@H](C)c1ccc2c(c1)CCC2. The maximum Gasteiger partial charge on any atom is 0.261 e. The number of hydrogen-bond donors (Lipinski definition) is 1. The van der Waals surface area contributed by atoms with Crippen LogP contribution in [0.25, 0.3) is 0 Å². The van der Waals surface area contributed by atoms with E-state index in [1.807, 2.05) is 13.8 Å². The molecule has 4 heteroatoms. The van der Waals surface area contributed by atoms with Gasteiger partial charge in [0.25, 0.3) is 5.91 Å². The molecule has 0 radical (unpaired) electrons. The van der Waals surface area contributed by atoms with Crippen LogP contribution in [0.15, 0.2) is 42.5 Å². The Hall–Kier alpha value is -2.36. The Morgan fingerprint density at radius 1 is 1.16 bits per heavy atom. The third kappa shape index (κ3) is 4.19. The van der Waals surface area contributed by atoms with Gasteiger partial charge in [0, 0.05) is 0 Å². The van der Waals surface area contributed by atoms with Gasteiger partial charge in [-0.25, -0.2) is 4.39 Å². The predicted octanol–water partition coefficient (Wildman–Crippen LogP) is 4.35. The lowest BCUT2D eigenvalue weighted by Gasteiger charge is -2.21. The summed E-state index contributed by atoms with van der Waals surface area (Å²) in [6.07, 6.45) is 3.43. The zero-order valence-electron chi connectivity index (χ0n) is 14.7. The molecular weight excluding hydrogens is 317 g/mol. The third-order valence-electron chi connectivity index (χ3n) is 4.74. The van der Waals surface area contributed by atoms with E-state index in [0.717, 1.165) is 18.4 Å². The van der Waals surface area contributed by atoms with E-state index >= 15 is 0 Å². The molecule has 132 valence electrons. The largest absolute Gasteiger partial charge is 0.481 e.